The van der Waals surface area contributed by atoms with Crippen LogP contribution in [0.4, 0.5) is 5.69 Å². The maximum Gasteiger partial charge on any atom is 0.277 e. The van der Waals surface area contributed by atoms with Gasteiger partial charge in [0.25, 0.3) is 11.5 Å². The minimum atomic E-state index is -0.568. The second kappa shape index (κ2) is 7.06. The minimum absolute atomic E-state index is 0.0352. The zero-order valence-corrected chi connectivity index (χ0v) is 13.3. The van der Waals surface area contributed by atoms with Gasteiger partial charge in [-0.05, 0) is 25.1 Å². The highest BCUT2D eigenvalue weighted by Gasteiger charge is 2.15. The molecule has 7 heteroatoms. The molecule has 0 aliphatic heterocycles. The molecule has 23 heavy (non-hydrogen) atoms. The Morgan fingerprint density at radius 2 is 2.00 bits per heavy atom. The number of benzene rings is 1. The molecule has 0 aliphatic carbocycles. The van der Waals surface area contributed by atoms with E-state index >= 15 is 0 Å². The molecule has 0 fully saturated rings. The smallest absolute Gasteiger partial charge is 0.277 e. The van der Waals surface area contributed by atoms with Gasteiger partial charge in [-0.3, -0.25) is 9.59 Å². The van der Waals surface area contributed by atoms with Gasteiger partial charge >= 0.3 is 0 Å². The number of nitrogens with one attached hydrogen (secondary N) is 2. The fourth-order valence-electron chi connectivity index (χ4n) is 2.00. The Labute approximate surface area is 134 Å². The van der Waals surface area contributed by atoms with E-state index in [9.17, 15) is 9.59 Å². The van der Waals surface area contributed by atoms with Crippen molar-refractivity contribution in [1.29, 1.82) is 0 Å². The van der Waals surface area contributed by atoms with Crippen molar-refractivity contribution in [1.82, 2.24) is 15.5 Å². The van der Waals surface area contributed by atoms with E-state index in [-0.39, 0.29) is 12.2 Å². The summed E-state index contributed by atoms with van der Waals surface area (Å²) in [5.41, 5.74) is 1.72. The zero-order chi connectivity index (χ0) is 17.0. The minimum Gasteiger partial charge on any atom is -0.394 e. The number of carbonyl (C=O) groups is 1. The Bertz CT molecular complexity index is 738. The average molecular weight is 316 g/mol. The monoisotopic (exact) mass is 316 g/mol. The Hall–Kier alpha value is -2.67. The zero-order valence-electron chi connectivity index (χ0n) is 13.3. The van der Waals surface area contributed by atoms with Crippen molar-refractivity contribution in [2.45, 2.75) is 13.0 Å². The third-order valence-electron chi connectivity index (χ3n) is 3.38. The molecule has 0 spiro atoms. The van der Waals surface area contributed by atoms with Gasteiger partial charge in [-0.25, -0.2) is 5.10 Å². The maximum absolute atomic E-state index is 12.1. The van der Waals surface area contributed by atoms with Crippen LogP contribution in [0.15, 0.2) is 35.1 Å². The summed E-state index contributed by atoms with van der Waals surface area (Å²) in [6.45, 7) is 1.45. The number of hydrogen-bond acceptors (Lipinski definition) is 5. The van der Waals surface area contributed by atoms with Crippen molar-refractivity contribution < 1.29 is 9.90 Å². The van der Waals surface area contributed by atoms with Crippen LogP contribution in [0, 0.1) is 0 Å². The number of nitrogens with zero attached hydrogens (tertiary/aromatic N) is 2. The van der Waals surface area contributed by atoms with Gasteiger partial charge in [0, 0.05) is 31.4 Å². The lowest BCUT2D eigenvalue weighted by Crippen LogP contribution is -2.38. The summed E-state index contributed by atoms with van der Waals surface area (Å²) < 4.78 is 0. The summed E-state index contributed by atoms with van der Waals surface area (Å²) >= 11 is 0. The number of hydrogen-bond donors (Lipinski definition) is 3. The van der Waals surface area contributed by atoms with Gasteiger partial charge in [-0.1, -0.05) is 12.1 Å². The number of aromatic amines is 1. The fourth-order valence-corrected chi connectivity index (χ4v) is 2.00. The van der Waals surface area contributed by atoms with Gasteiger partial charge in [-0.2, -0.15) is 5.10 Å². The Morgan fingerprint density at radius 1 is 1.35 bits per heavy atom. The Balaban J connectivity index is 2.33. The molecule has 0 aliphatic rings. The molecular weight excluding hydrogens is 296 g/mol. The predicted octanol–water partition coefficient (Wildman–Crippen LogP) is 0.613. The van der Waals surface area contributed by atoms with Crippen LogP contribution in [-0.4, -0.2) is 48.0 Å². The van der Waals surface area contributed by atoms with Gasteiger partial charge in [0.05, 0.1) is 12.3 Å². The number of aromatic nitrogens is 2. The second-order valence-electron chi connectivity index (χ2n) is 5.49. The molecule has 122 valence electrons. The number of aliphatic hydroxyl groups excluding tert-OH is 1. The summed E-state index contributed by atoms with van der Waals surface area (Å²) in [7, 11) is 3.88. The number of aliphatic hydroxyl groups is 1. The molecular formula is C16H20N4O3. The number of rotatable bonds is 5. The summed E-state index contributed by atoms with van der Waals surface area (Å²) in [6.07, 6.45) is 0. The number of anilines is 1. The number of carbonyl (C=O) groups excluding carboxylic acids is 1. The lowest BCUT2D eigenvalue weighted by Gasteiger charge is -2.13. The highest BCUT2D eigenvalue weighted by molar-refractivity contribution is 5.94. The molecule has 1 atom stereocenters. The van der Waals surface area contributed by atoms with Crippen molar-refractivity contribution >= 4 is 11.6 Å². The molecule has 2 aromatic rings. The van der Waals surface area contributed by atoms with Crippen LogP contribution in [0.3, 0.4) is 0 Å². The molecule has 1 heterocycles. The van der Waals surface area contributed by atoms with Crippen LogP contribution in [0.5, 0.6) is 0 Å². The van der Waals surface area contributed by atoms with Crippen molar-refractivity contribution in [2.24, 2.45) is 0 Å². The first-order chi connectivity index (χ1) is 10.9. The largest absolute Gasteiger partial charge is 0.394 e. The van der Waals surface area contributed by atoms with Crippen LogP contribution < -0.4 is 15.8 Å². The van der Waals surface area contributed by atoms with Crippen LogP contribution in [-0.2, 0) is 0 Å². The SMILES string of the molecule is C[C@@H](CO)NC(=O)c1cc(-c2ccc(N(C)C)cc2)n[nH]c1=O. The fraction of sp³-hybridized carbons (Fsp3) is 0.312. The lowest BCUT2D eigenvalue weighted by molar-refractivity contribution is 0.0920. The Kier molecular flexibility index (Phi) is 5.13. The third-order valence-corrected chi connectivity index (χ3v) is 3.38. The van der Waals surface area contributed by atoms with Crippen molar-refractivity contribution in [3.63, 3.8) is 0 Å². The number of H-pyrrole nitrogens is 1. The molecule has 3 N–H and O–H groups in total. The summed E-state index contributed by atoms with van der Waals surface area (Å²) in [4.78, 5) is 25.9. The van der Waals surface area contributed by atoms with E-state index in [0.717, 1.165) is 11.3 Å². The van der Waals surface area contributed by atoms with E-state index in [1.54, 1.807) is 6.92 Å². The highest BCUT2D eigenvalue weighted by Crippen LogP contribution is 2.20. The first kappa shape index (κ1) is 16.7. The first-order valence-electron chi connectivity index (χ1n) is 7.21. The molecule has 0 radical (unpaired) electrons. The molecule has 7 nitrogen and oxygen atoms in total. The molecule has 1 amide bonds. The van der Waals surface area contributed by atoms with Crippen molar-refractivity contribution in [2.75, 3.05) is 25.6 Å². The van der Waals surface area contributed by atoms with Crippen LogP contribution >= 0.6 is 0 Å². The van der Waals surface area contributed by atoms with E-state index in [2.05, 4.69) is 15.5 Å². The first-order valence-corrected chi connectivity index (χ1v) is 7.21. The molecule has 1 aromatic heterocycles. The van der Waals surface area contributed by atoms with E-state index in [0.29, 0.717) is 5.69 Å². The molecule has 2 rings (SSSR count). The summed E-state index contributed by atoms with van der Waals surface area (Å²) in [5, 5.41) is 17.9. The number of amides is 1. The maximum atomic E-state index is 12.1. The standard InChI is InChI=1S/C16H20N4O3/c1-10(9-21)17-15(22)13-8-14(18-19-16(13)23)11-4-6-12(7-5-11)20(2)3/h4-8,10,21H,9H2,1-3H3,(H,17,22)(H,19,23)/t10-/m0/s1. The Morgan fingerprint density at radius 3 is 2.57 bits per heavy atom. The lowest BCUT2D eigenvalue weighted by atomic mass is 10.1. The van der Waals surface area contributed by atoms with E-state index < -0.39 is 17.5 Å². The van der Waals surface area contributed by atoms with E-state index in [1.807, 2.05) is 43.3 Å². The summed E-state index contributed by atoms with van der Waals surface area (Å²) in [6, 6.07) is 8.61. The van der Waals surface area contributed by atoms with E-state index in [1.165, 1.54) is 6.07 Å². The van der Waals surface area contributed by atoms with Gasteiger partial charge in [0.1, 0.15) is 5.56 Å². The van der Waals surface area contributed by atoms with Gasteiger partial charge in [-0.15, -0.1) is 0 Å². The van der Waals surface area contributed by atoms with E-state index in [4.69, 9.17) is 5.11 Å². The predicted molar refractivity (Wildman–Crippen MR) is 88.6 cm³/mol. The highest BCUT2D eigenvalue weighted by atomic mass is 16.3. The van der Waals surface area contributed by atoms with Gasteiger partial charge in [0.2, 0.25) is 0 Å². The molecule has 0 bridgehead atoms. The van der Waals surface area contributed by atoms with Crippen LogP contribution in [0.2, 0.25) is 0 Å². The normalized spacial score (nSPS) is 11.8. The molecule has 0 saturated heterocycles. The van der Waals surface area contributed by atoms with Crippen LogP contribution in [0.1, 0.15) is 17.3 Å². The molecule has 0 saturated carbocycles. The van der Waals surface area contributed by atoms with Crippen molar-refractivity contribution in [3.8, 4) is 11.3 Å². The van der Waals surface area contributed by atoms with Gasteiger partial charge in [0.15, 0.2) is 0 Å². The van der Waals surface area contributed by atoms with Crippen molar-refractivity contribution in [3.05, 3.63) is 46.2 Å². The molecule has 1 aromatic carbocycles. The second-order valence-corrected chi connectivity index (χ2v) is 5.49. The topological polar surface area (TPSA) is 98.3 Å². The molecule has 0 unspecified atom stereocenters. The third kappa shape index (κ3) is 3.95. The van der Waals surface area contributed by atoms with Crippen LogP contribution in [0.25, 0.3) is 11.3 Å². The summed E-state index contributed by atoms with van der Waals surface area (Å²) in [5.74, 6) is -0.540. The van der Waals surface area contributed by atoms with Gasteiger partial charge < -0.3 is 15.3 Å². The average Bonchev–Trinajstić information content (AvgIpc) is 2.55. The quantitative estimate of drug-likeness (QED) is 0.751.